The van der Waals surface area contributed by atoms with E-state index < -0.39 is 66.1 Å². The standard InChI is InChI=1S/C27H23BrF3N5O6/c28-13-1-2-18-15(9-13)14(3-5-32-18)26(40)33-21-4-6-41-27(21)25(39)23(24(38)20(11-37)42-27)36-10-19(34-35-36)12-7-16(29)22(31)17(30)8-12/h1-3,5,7-10,20-21,23-25,37-39H,4,6,11H2,(H,33,40)/t20-,21-,23+,24+,25-,27+/m1/s1. The van der Waals surface area contributed by atoms with E-state index in [9.17, 15) is 33.3 Å². The number of aliphatic hydroxyl groups excluding tert-OH is 3. The zero-order chi connectivity index (χ0) is 29.8. The maximum Gasteiger partial charge on any atom is 0.252 e. The van der Waals surface area contributed by atoms with Crippen molar-refractivity contribution in [2.45, 2.75) is 42.6 Å². The van der Waals surface area contributed by atoms with Crippen LogP contribution in [0.2, 0.25) is 0 Å². The third kappa shape index (κ3) is 4.75. The largest absolute Gasteiger partial charge is 0.394 e. The highest BCUT2D eigenvalue weighted by atomic mass is 79.9. The van der Waals surface area contributed by atoms with E-state index in [0.717, 1.165) is 21.3 Å². The van der Waals surface area contributed by atoms with Crippen molar-refractivity contribution < 1.29 is 42.8 Å². The van der Waals surface area contributed by atoms with Gasteiger partial charge in [-0.25, -0.2) is 17.9 Å². The number of hydrogen-bond donors (Lipinski definition) is 4. The smallest absolute Gasteiger partial charge is 0.252 e. The molecule has 0 unspecified atom stereocenters. The molecule has 0 bridgehead atoms. The molecule has 0 aliphatic carbocycles. The number of fused-ring (bicyclic) bond motifs is 1. The van der Waals surface area contributed by atoms with Gasteiger partial charge in [0.2, 0.25) is 5.79 Å². The molecule has 2 fully saturated rings. The molecular formula is C27H23BrF3N5O6. The first-order valence-electron chi connectivity index (χ1n) is 12.8. The molecule has 2 saturated heterocycles. The van der Waals surface area contributed by atoms with Gasteiger partial charge in [-0.3, -0.25) is 9.78 Å². The van der Waals surface area contributed by atoms with Crippen molar-refractivity contribution in [2.24, 2.45) is 0 Å². The summed E-state index contributed by atoms with van der Waals surface area (Å²) in [4.78, 5) is 17.8. The summed E-state index contributed by atoms with van der Waals surface area (Å²) < 4.78 is 54.7. The molecule has 11 nitrogen and oxygen atoms in total. The number of halogens is 4. The van der Waals surface area contributed by atoms with E-state index >= 15 is 0 Å². The summed E-state index contributed by atoms with van der Waals surface area (Å²) >= 11 is 3.40. The molecule has 6 atom stereocenters. The number of benzene rings is 2. The number of nitrogens with zero attached hydrogens (tertiary/aromatic N) is 4. The van der Waals surface area contributed by atoms with Crippen LogP contribution in [0.25, 0.3) is 22.2 Å². The van der Waals surface area contributed by atoms with E-state index in [1.807, 2.05) is 0 Å². The Morgan fingerprint density at radius 1 is 1.17 bits per heavy atom. The molecule has 2 aromatic heterocycles. The van der Waals surface area contributed by atoms with Gasteiger partial charge in [-0.05, 0) is 42.8 Å². The average Bonchev–Trinajstić information content (AvgIpc) is 3.61. The number of rotatable bonds is 5. The van der Waals surface area contributed by atoms with Gasteiger partial charge < -0.3 is 30.1 Å². The van der Waals surface area contributed by atoms with Crippen molar-refractivity contribution in [1.82, 2.24) is 25.3 Å². The van der Waals surface area contributed by atoms with Gasteiger partial charge in [0.1, 0.15) is 30.0 Å². The molecule has 0 saturated carbocycles. The molecule has 220 valence electrons. The van der Waals surface area contributed by atoms with E-state index in [-0.39, 0.29) is 24.3 Å². The summed E-state index contributed by atoms with van der Waals surface area (Å²) in [5.41, 5.74) is 0.675. The van der Waals surface area contributed by atoms with Gasteiger partial charge in [-0.15, -0.1) is 5.10 Å². The van der Waals surface area contributed by atoms with Gasteiger partial charge in [0.25, 0.3) is 5.91 Å². The molecule has 4 N–H and O–H groups in total. The molecule has 4 aromatic rings. The number of amides is 1. The van der Waals surface area contributed by atoms with Crippen LogP contribution in [0.15, 0.2) is 53.3 Å². The van der Waals surface area contributed by atoms with E-state index in [1.54, 1.807) is 24.3 Å². The Kier molecular flexibility index (Phi) is 7.49. The van der Waals surface area contributed by atoms with Crippen LogP contribution in [-0.2, 0) is 9.47 Å². The van der Waals surface area contributed by atoms with E-state index in [0.29, 0.717) is 16.5 Å². The third-order valence-electron chi connectivity index (χ3n) is 7.55. The fourth-order valence-electron chi connectivity index (χ4n) is 5.50. The predicted molar refractivity (Wildman–Crippen MR) is 142 cm³/mol. The lowest BCUT2D eigenvalue weighted by molar-refractivity contribution is -0.344. The highest BCUT2D eigenvalue weighted by Gasteiger charge is 2.62. The van der Waals surface area contributed by atoms with Crippen LogP contribution < -0.4 is 5.32 Å². The van der Waals surface area contributed by atoms with Crippen molar-refractivity contribution in [2.75, 3.05) is 13.2 Å². The SMILES string of the molecule is O=C(N[C@@H]1CCO[C@]12O[C@H](CO)[C@H](O)[C@H](n1cc(-c3cc(F)c(F)c(F)c3)nn1)[C@H]2O)c1ccnc2ccc(Br)cc12. The maximum atomic E-state index is 13.8. The predicted octanol–water partition coefficient (Wildman–Crippen LogP) is 2.24. The highest BCUT2D eigenvalue weighted by Crippen LogP contribution is 2.43. The summed E-state index contributed by atoms with van der Waals surface area (Å²) in [5.74, 6) is -6.93. The zero-order valence-electron chi connectivity index (χ0n) is 21.5. The average molecular weight is 650 g/mol. The lowest BCUT2D eigenvalue weighted by Gasteiger charge is -2.49. The fourth-order valence-corrected chi connectivity index (χ4v) is 5.86. The van der Waals surface area contributed by atoms with Gasteiger partial charge in [-0.1, -0.05) is 21.1 Å². The number of nitrogens with one attached hydrogen (secondary N) is 1. The molecule has 15 heteroatoms. The summed E-state index contributed by atoms with van der Waals surface area (Å²) in [7, 11) is 0. The molecule has 2 aliphatic heterocycles. The molecule has 2 aromatic carbocycles. The van der Waals surface area contributed by atoms with Crippen molar-refractivity contribution in [3.05, 3.63) is 76.3 Å². The molecule has 2 aliphatic rings. The number of ether oxygens (including phenoxy) is 2. The lowest BCUT2D eigenvalue weighted by Crippen LogP contribution is -2.69. The van der Waals surface area contributed by atoms with Gasteiger partial charge >= 0.3 is 0 Å². The van der Waals surface area contributed by atoms with Crippen LogP contribution in [0.3, 0.4) is 0 Å². The van der Waals surface area contributed by atoms with Crippen LogP contribution >= 0.6 is 15.9 Å². The van der Waals surface area contributed by atoms with Crippen LogP contribution in [0.1, 0.15) is 22.8 Å². The van der Waals surface area contributed by atoms with Crippen molar-refractivity contribution in [1.29, 1.82) is 0 Å². The first-order chi connectivity index (χ1) is 20.1. The minimum atomic E-state index is -1.92. The second-order valence-electron chi connectivity index (χ2n) is 10.0. The number of carbonyl (C=O) groups excluding carboxylic acids is 1. The lowest BCUT2D eigenvalue weighted by atomic mass is 9.86. The number of aromatic nitrogens is 4. The fraction of sp³-hybridized carbons (Fsp3) is 0.333. The summed E-state index contributed by atoms with van der Waals surface area (Å²) in [6.07, 6.45) is -1.61. The second-order valence-corrected chi connectivity index (χ2v) is 10.9. The first-order valence-corrected chi connectivity index (χ1v) is 13.6. The topological polar surface area (TPSA) is 152 Å². The summed E-state index contributed by atoms with van der Waals surface area (Å²) in [6.45, 7) is -0.628. The number of hydrogen-bond acceptors (Lipinski definition) is 9. The molecule has 1 spiro atoms. The van der Waals surface area contributed by atoms with Gasteiger partial charge in [-0.2, -0.15) is 0 Å². The van der Waals surface area contributed by atoms with Crippen molar-refractivity contribution in [3.63, 3.8) is 0 Å². The second kappa shape index (κ2) is 11.0. The third-order valence-corrected chi connectivity index (χ3v) is 8.04. The zero-order valence-corrected chi connectivity index (χ0v) is 23.1. The molecule has 4 heterocycles. The Bertz CT molecular complexity index is 1650. The molecule has 42 heavy (non-hydrogen) atoms. The molecular weight excluding hydrogens is 627 g/mol. The first kappa shape index (κ1) is 28.6. The number of carbonyl (C=O) groups is 1. The van der Waals surface area contributed by atoms with Crippen molar-refractivity contribution in [3.8, 4) is 11.3 Å². The van der Waals surface area contributed by atoms with E-state index in [2.05, 4.69) is 36.5 Å². The molecule has 1 amide bonds. The quantitative estimate of drug-likeness (QED) is 0.239. The summed E-state index contributed by atoms with van der Waals surface area (Å²) in [6, 6.07) is 6.02. The monoisotopic (exact) mass is 649 g/mol. The highest BCUT2D eigenvalue weighted by molar-refractivity contribution is 9.10. The Morgan fingerprint density at radius 3 is 2.67 bits per heavy atom. The minimum Gasteiger partial charge on any atom is -0.394 e. The Balaban J connectivity index is 1.33. The van der Waals surface area contributed by atoms with Crippen LogP contribution in [0, 0.1) is 17.5 Å². The van der Waals surface area contributed by atoms with Gasteiger partial charge in [0.15, 0.2) is 17.5 Å². The van der Waals surface area contributed by atoms with Crippen LogP contribution in [-0.4, -0.2) is 84.6 Å². The van der Waals surface area contributed by atoms with Gasteiger partial charge in [0.05, 0.1) is 36.5 Å². The minimum absolute atomic E-state index is 0.0579. The van der Waals surface area contributed by atoms with Gasteiger partial charge in [0, 0.05) is 21.6 Å². The Hall–Kier alpha value is -3.47. The van der Waals surface area contributed by atoms with Crippen LogP contribution in [0.5, 0.6) is 0 Å². The summed E-state index contributed by atoms with van der Waals surface area (Å²) in [5, 5.41) is 43.9. The Morgan fingerprint density at radius 2 is 1.93 bits per heavy atom. The normalized spacial score (nSPS) is 27.5. The number of pyridine rings is 1. The molecule has 6 rings (SSSR count). The molecule has 0 radical (unpaired) electrons. The number of aliphatic hydroxyl groups is 3. The maximum absolute atomic E-state index is 13.8. The Labute approximate surface area is 244 Å². The van der Waals surface area contributed by atoms with Crippen molar-refractivity contribution >= 4 is 32.7 Å². The van der Waals surface area contributed by atoms with E-state index in [4.69, 9.17) is 9.47 Å². The van der Waals surface area contributed by atoms with Crippen LogP contribution in [0.4, 0.5) is 13.2 Å². The van der Waals surface area contributed by atoms with E-state index in [1.165, 1.54) is 12.4 Å².